The van der Waals surface area contributed by atoms with E-state index >= 15 is 0 Å². The zero-order valence-corrected chi connectivity index (χ0v) is 37.2. The van der Waals surface area contributed by atoms with Gasteiger partial charge in [-0.2, -0.15) is 0 Å². The van der Waals surface area contributed by atoms with E-state index in [4.69, 9.17) is 28.4 Å². The van der Waals surface area contributed by atoms with E-state index in [-0.39, 0.29) is 54.8 Å². The van der Waals surface area contributed by atoms with Gasteiger partial charge >= 0.3 is 0 Å². The van der Waals surface area contributed by atoms with Gasteiger partial charge in [-0.05, 0) is 122 Å². The molecule has 16 heteroatoms. The van der Waals surface area contributed by atoms with Crippen molar-refractivity contribution < 1.29 is 79.5 Å². The second kappa shape index (κ2) is 16.0. The third kappa shape index (κ3) is 7.23. The maximum Gasteiger partial charge on any atom is 0.186 e. The summed E-state index contributed by atoms with van der Waals surface area (Å²) in [6.07, 6.45) is -11.8. The third-order valence-corrected chi connectivity index (χ3v) is 18.9. The third-order valence-electron chi connectivity index (χ3n) is 18.9. The molecule has 352 valence electrons. The van der Waals surface area contributed by atoms with E-state index in [0.29, 0.717) is 25.7 Å². The van der Waals surface area contributed by atoms with E-state index in [1.165, 1.54) is 0 Å². The molecular weight excluding hydrogens is 796 g/mol. The van der Waals surface area contributed by atoms with Crippen LogP contribution in [0.3, 0.4) is 0 Å². The highest BCUT2D eigenvalue weighted by molar-refractivity contribution is 5.23. The molecule has 8 aliphatic rings. The second-order valence-electron chi connectivity index (χ2n) is 22.8. The Morgan fingerprint density at radius 2 is 0.918 bits per heavy atom. The maximum atomic E-state index is 11.7. The van der Waals surface area contributed by atoms with Gasteiger partial charge in [-0.15, -0.1) is 0 Å². The van der Waals surface area contributed by atoms with Crippen molar-refractivity contribution in [1.29, 1.82) is 0 Å². The Morgan fingerprint density at radius 1 is 0.508 bits per heavy atom. The van der Waals surface area contributed by atoms with Crippen molar-refractivity contribution in [3.63, 3.8) is 0 Å². The molecule has 0 radical (unpaired) electrons. The summed E-state index contributed by atoms with van der Waals surface area (Å²) in [5.41, 5.74) is -3.23. The summed E-state index contributed by atoms with van der Waals surface area (Å²) in [6.45, 7) is 16.7. The molecule has 8 rings (SSSR count). The fraction of sp³-hybridized carbons (Fsp3) is 1.00. The van der Waals surface area contributed by atoms with Gasteiger partial charge in [0.25, 0.3) is 0 Å². The molecule has 0 amide bonds. The number of hydrogen-bond donors (Lipinski definition) is 10. The first-order chi connectivity index (χ1) is 28.3. The van der Waals surface area contributed by atoms with Crippen LogP contribution in [0.5, 0.6) is 0 Å². The van der Waals surface area contributed by atoms with Crippen molar-refractivity contribution in [3.05, 3.63) is 0 Å². The van der Waals surface area contributed by atoms with Crippen LogP contribution in [0.2, 0.25) is 0 Å². The largest absolute Gasteiger partial charge is 0.390 e. The number of aliphatic hydroxyl groups excluding tert-OH is 9. The number of hydrogen-bond acceptors (Lipinski definition) is 16. The van der Waals surface area contributed by atoms with E-state index in [9.17, 15) is 51.1 Å². The van der Waals surface area contributed by atoms with Crippen LogP contribution in [-0.2, 0) is 28.4 Å². The van der Waals surface area contributed by atoms with Gasteiger partial charge in [-0.3, -0.25) is 0 Å². The molecule has 0 aromatic heterocycles. The number of rotatable bonds is 7. The molecule has 5 saturated carbocycles. The lowest BCUT2D eigenvalue weighted by Crippen LogP contribution is -2.72. The van der Waals surface area contributed by atoms with Crippen LogP contribution in [0.4, 0.5) is 0 Å². The van der Waals surface area contributed by atoms with E-state index < -0.39 is 119 Å². The molecule has 0 unspecified atom stereocenters. The fourth-order valence-corrected chi connectivity index (χ4v) is 15.9. The van der Waals surface area contributed by atoms with Gasteiger partial charge < -0.3 is 79.5 Å². The predicted molar refractivity (Wildman–Crippen MR) is 215 cm³/mol. The zero-order chi connectivity index (χ0) is 44.6. The van der Waals surface area contributed by atoms with Gasteiger partial charge in [0, 0.05) is 0 Å². The SMILES string of the molecule is CC(C)(O)[C@@H]1CC[C@@]2(C)[C@H]1[C@@H](O[C@@H]1OC[C@@H](O)[C@H](O)[C@H]1O)C[C@]1(C)[C@@H]2CC[C@@H]2[C@@]3(C)CC[C@H](O[C@@H]4OC[C@@H](O)[C@H](O)[C@H]4O)C(C)(C)[C@@H]3[C@@H](O[C@@H]3OC[C@H](O)[C@H](O)[C@H]3O)C[C@]21C. The minimum Gasteiger partial charge on any atom is -0.390 e. The highest BCUT2D eigenvalue weighted by Crippen LogP contribution is 2.79. The quantitative estimate of drug-likeness (QED) is 0.157. The molecule has 10 N–H and O–H groups in total. The van der Waals surface area contributed by atoms with Crippen LogP contribution in [0.15, 0.2) is 0 Å². The molecule has 8 fully saturated rings. The standard InChI is InChI=1S/C45H76O16/c1-40(2)28(61-39-35(54)32(51)23(48)19-58-39)12-14-43(6)27-10-9-26-42(5)13-11-20(41(3,4)55)29(42)24(59-37-33(52)30(49)21(46)17-56-37)15-44(26,7)45(27,8)16-25(36(40)43)60-38-34(53)31(50)22(47)18-57-38/h20-39,46-55H,9-19H2,1-8H3/t20-,21-,22+,23-,24+,25+,26-,27-,28+,29-,30+,31+,32+,33-,34-,35-,36+,37+,38+,39+,42-,43-,44-,45-/m1/s1. The molecule has 0 spiro atoms. The zero-order valence-electron chi connectivity index (χ0n) is 37.2. The van der Waals surface area contributed by atoms with Gasteiger partial charge in [0.1, 0.15) is 54.9 Å². The van der Waals surface area contributed by atoms with Gasteiger partial charge in [0.05, 0.1) is 43.7 Å². The van der Waals surface area contributed by atoms with Gasteiger partial charge in [-0.25, -0.2) is 0 Å². The monoisotopic (exact) mass is 873 g/mol. The Labute approximate surface area is 359 Å². The van der Waals surface area contributed by atoms with Crippen molar-refractivity contribution in [2.24, 2.45) is 56.7 Å². The first-order valence-electron chi connectivity index (χ1n) is 23.0. The Morgan fingerprint density at radius 3 is 1.39 bits per heavy atom. The molecule has 5 aliphatic carbocycles. The minimum absolute atomic E-state index is 0.105. The highest BCUT2D eigenvalue weighted by Gasteiger charge is 2.75. The highest BCUT2D eigenvalue weighted by atomic mass is 16.7. The van der Waals surface area contributed by atoms with Crippen LogP contribution >= 0.6 is 0 Å². The molecule has 16 nitrogen and oxygen atoms in total. The molecule has 61 heavy (non-hydrogen) atoms. The number of aliphatic hydroxyl groups is 10. The van der Waals surface area contributed by atoms with Crippen molar-refractivity contribution in [1.82, 2.24) is 0 Å². The van der Waals surface area contributed by atoms with Crippen molar-refractivity contribution in [2.75, 3.05) is 19.8 Å². The molecular formula is C45H76O16. The summed E-state index contributed by atoms with van der Waals surface area (Å²) in [7, 11) is 0. The maximum absolute atomic E-state index is 11.7. The van der Waals surface area contributed by atoms with Gasteiger partial charge in [0.15, 0.2) is 18.9 Å². The minimum atomic E-state index is -1.52. The topological polar surface area (TPSA) is 258 Å². The van der Waals surface area contributed by atoms with Crippen LogP contribution in [0, 0.1) is 56.7 Å². The Hall–Kier alpha value is -0.640. The molecule has 3 heterocycles. The fourth-order valence-electron chi connectivity index (χ4n) is 15.9. The van der Waals surface area contributed by atoms with Gasteiger partial charge in [0.2, 0.25) is 0 Å². The normalized spacial score (nSPS) is 57.3. The molecule has 3 aliphatic heterocycles. The molecule has 3 saturated heterocycles. The molecule has 0 aromatic carbocycles. The lowest BCUT2D eigenvalue weighted by atomic mass is 9.31. The summed E-state index contributed by atoms with van der Waals surface area (Å²) >= 11 is 0. The Bertz CT molecular complexity index is 1580. The summed E-state index contributed by atoms with van der Waals surface area (Å²) < 4.78 is 38.1. The second-order valence-corrected chi connectivity index (χ2v) is 22.8. The smallest absolute Gasteiger partial charge is 0.186 e. The number of ether oxygens (including phenoxy) is 6. The van der Waals surface area contributed by atoms with E-state index in [0.717, 1.165) is 25.7 Å². The summed E-state index contributed by atoms with van der Waals surface area (Å²) in [5.74, 6) is -0.109. The average Bonchev–Trinajstić information content (AvgIpc) is 3.55. The van der Waals surface area contributed by atoms with Crippen molar-refractivity contribution in [3.8, 4) is 0 Å². The average molecular weight is 873 g/mol. The van der Waals surface area contributed by atoms with Crippen molar-refractivity contribution >= 4 is 0 Å². The van der Waals surface area contributed by atoms with Crippen LogP contribution in [0.1, 0.15) is 107 Å². The molecule has 0 aromatic rings. The predicted octanol–water partition coefficient (Wildman–Crippen LogP) is 0.551. The Balaban J connectivity index is 1.19. The van der Waals surface area contributed by atoms with Crippen LogP contribution < -0.4 is 0 Å². The molecule has 0 bridgehead atoms. The first-order valence-corrected chi connectivity index (χ1v) is 23.0. The van der Waals surface area contributed by atoms with E-state index in [1.54, 1.807) is 0 Å². The van der Waals surface area contributed by atoms with E-state index in [1.807, 2.05) is 13.8 Å². The summed E-state index contributed by atoms with van der Waals surface area (Å²) in [5, 5.41) is 108. The lowest BCUT2D eigenvalue weighted by Gasteiger charge is -2.75. The van der Waals surface area contributed by atoms with Gasteiger partial charge in [-0.1, -0.05) is 41.5 Å². The number of fused-ring (bicyclic) bond motifs is 7. The summed E-state index contributed by atoms with van der Waals surface area (Å²) in [4.78, 5) is 0. The van der Waals surface area contributed by atoms with Crippen LogP contribution in [0.25, 0.3) is 0 Å². The first kappa shape index (κ1) is 46.9. The van der Waals surface area contributed by atoms with E-state index in [2.05, 4.69) is 41.5 Å². The lowest BCUT2D eigenvalue weighted by molar-refractivity contribution is -0.354. The summed E-state index contributed by atoms with van der Waals surface area (Å²) in [6, 6.07) is 0. The van der Waals surface area contributed by atoms with Crippen LogP contribution in [-0.4, -0.2) is 169 Å². The Kier molecular flexibility index (Phi) is 12.3. The van der Waals surface area contributed by atoms with Crippen molar-refractivity contribution in [2.45, 2.75) is 204 Å². The molecule has 24 atom stereocenters.